The summed E-state index contributed by atoms with van der Waals surface area (Å²) in [4.78, 5) is 53.0. The smallest absolute Gasteiger partial charge is 0.343 e. The second-order valence-electron chi connectivity index (χ2n) is 7.93. The molecule has 0 aliphatic heterocycles. The average Bonchev–Trinajstić information content (AvgIpc) is 2.95. The zero-order valence-corrected chi connectivity index (χ0v) is 19.8. The second kappa shape index (κ2) is 10.8. The molecule has 0 radical (unpaired) electrons. The van der Waals surface area contributed by atoms with Crippen LogP contribution in [0, 0.1) is 5.82 Å². The Balaban J connectivity index is 2.05. The highest BCUT2D eigenvalue weighted by atomic mass is 19.1. The molecule has 4 aromatic rings. The number of methoxy groups -OCH3 is 1. The molecule has 190 valence electrons. The fourth-order valence-electron chi connectivity index (χ4n) is 3.78. The van der Waals surface area contributed by atoms with Crippen LogP contribution in [-0.2, 0) is 4.74 Å². The minimum atomic E-state index is -1.25. The number of carbonyl (C=O) groups is 4. The molecule has 0 unspecified atom stereocenters. The van der Waals surface area contributed by atoms with Gasteiger partial charge in [0.2, 0.25) is 5.75 Å². The molecule has 0 aliphatic carbocycles. The third-order valence-electron chi connectivity index (χ3n) is 5.57. The van der Waals surface area contributed by atoms with Gasteiger partial charge in [-0.15, -0.1) is 0 Å². The Bertz CT molecular complexity index is 1560. The number of ether oxygens (including phenoxy) is 2. The number of ketones is 2. The van der Waals surface area contributed by atoms with E-state index < -0.39 is 63.3 Å². The van der Waals surface area contributed by atoms with Crippen molar-refractivity contribution in [3.05, 3.63) is 124 Å². The van der Waals surface area contributed by atoms with Gasteiger partial charge in [-0.1, -0.05) is 60.7 Å². The van der Waals surface area contributed by atoms with Gasteiger partial charge in [0.1, 0.15) is 5.82 Å². The summed E-state index contributed by atoms with van der Waals surface area (Å²) >= 11 is 0. The van der Waals surface area contributed by atoms with Crippen molar-refractivity contribution in [2.45, 2.75) is 0 Å². The molecule has 0 spiro atoms. The number of aromatic hydroxyl groups is 2. The highest BCUT2D eigenvalue weighted by Gasteiger charge is 2.37. The van der Waals surface area contributed by atoms with Gasteiger partial charge in [-0.3, -0.25) is 9.59 Å². The Morgan fingerprint density at radius 2 is 1.18 bits per heavy atom. The largest absolute Gasteiger partial charge is 0.504 e. The van der Waals surface area contributed by atoms with Gasteiger partial charge in [0, 0.05) is 11.1 Å². The topological polar surface area (TPSA) is 127 Å². The molecule has 2 N–H and O–H groups in total. The van der Waals surface area contributed by atoms with Gasteiger partial charge in [0.15, 0.2) is 23.1 Å². The van der Waals surface area contributed by atoms with Crippen molar-refractivity contribution in [1.29, 1.82) is 0 Å². The number of hydrogen-bond donors (Lipinski definition) is 2. The first-order chi connectivity index (χ1) is 18.2. The molecule has 0 aliphatic rings. The maximum Gasteiger partial charge on any atom is 0.343 e. The van der Waals surface area contributed by atoms with E-state index in [1.807, 2.05) is 0 Å². The summed E-state index contributed by atoms with van der Waals surface area (Å²) < 4.78 is 24.1. The van der Waals surface area contributed by atoms with Crippen LogP contribution in [0.3, 0.4) is 0 Å². The number of hydrogen-bond acceptors (Lipinski definition) is 8. The minimum Gasteiger partial charge on any atom is -0.504 e. The predicted octanol–water partition coefficient (Wildman–Crippen LogP) is 4.70. The van der Waals surface area contributed by atoms with Gasteiger partial charge < -0.3 is 19.7 Å². The van der Waals surface area contributed by atoms with Crippen LogP contribution < -0.4 is 4.74 Å². The van der Waals surface area contributed by atoms with Gasteiger partial charge in [-0.05, 0) is 24.3 Å². The standard InChI is InChI=1S/C29H19FO8/c1-37-29(36)20-21(23(31)16-9-4-2-5-10-16)25(33)26(34)27(38-28(35)17-11-6-3-7-12-17)22(20)24(32)18-13-8-14-19(30)15-18/h2-15,33-34H,1H3. The Kier molecular flexibility index (Phi) is 7.29. The number of carbonyl (C=O) groups excluding carboxylic acids is 4. The Morgan fingerprint density at radius 1 is 0.632 bits per heavy atom. The van der Waals surface area contributed by atoms with Gasteiger partial charge in [-0.25, -0.2) is 14.0 Å². The highest BCUT2D eigenvalue weighted by Crippen LogP contribution is 2.46. The quantitative estimate of drug-likeness (QED) is 0.157. The molecular formula is C29H19FO8. The zero-order valence-electron chi connectivity index (χ0n) is 19.8. The van der Waals surface area contributed by atoms with Crippen molar-refractivity contribution < 1.29 is 43.3 Å². The lowest BCUT2D eigenvalue weighted by atomic mass is 9.88. The third-order valence-corrected chi connectivity index (χ3v) is 5.57. The molecule has 4 rings (SSSR count). The monoisotopic (exact) mass is 514 g/mol. The highest BCUT2D eigenvalue weighted by molar-refractivity contribution is 6.24. The van der Waals surface area contributed by atoms with E-state index in [4.69, 9.17) is 9.47 Å². The van der Waals surface area contributed by atoms with E-state index in [0.29, 0.717) is 0 Å². The molecular weight excluding hydrogens is 495 g/mol. The lowest BCUT2D eigenvalue weighted by molar-refractivity contribution is 0.0589. The molecule has 9 heteroatoms. The van der Waals surface area contributed by atoms with E-state index in [1.54, 1.807) is 12.1 Å². The lowest BCUT2D eigenvalue weighted by Gasteiger charge is -2.19. The normalized spacial score (nSPS) is 10.5. The van der Waals surface area contributed by atoms with Gasteiger partial charge in [0.25, 0.3) is 0 Å². The summed E-state index contributed by atoms with van der Waals surface area (Å²) in [7, 11) is 0.967. The van der Waals surface area contributed by atoms with E-state index in [2.05, 4.69) is 0 Å². The van der Waals surface area contributed by atoms with Crippen LogP contribution in [0.25, 0.3) is 0 Å². The van der Waals surface area contributed by atoms with E-state index in [-0.39, 0.29) is 16.7 Å². The van der Waals surface area contributed by atoms with E-state index in [9.17, 15) is 33.8 Å². The lowest BCUT2D eigenvalue weighted by Crippen LogP contribution is -2.21. The molecule has 0 atom stereocenters. The maximum atomic E-state index is 14.0. The van der Waals surface area contributed by atoms with Crippen LogP contribution in [0.4, 0.5) is 4.39 Å². The summed E-state index contributed by atoms with van der Waals surface area (Å²) in [5.74, 6) is -8.29. The van der Waals surface area contributed by atoms with Crippen LogP contribution >= 0.6 is 0 Å². The first-order valence-corrected chi connectivity index (χ1v) is 11.1. The summed E-state index contributed by atoms with van der Waals surface area (Å²) in [5.41, 5.74) is -2.59. The average molecular weight is 514 g/mol. The first kappa shape index (κ1) is 25.8. The fraction of sp³-hybridized carbons (Fsp3) is 0.0345. The third kappa shape index (κ3) is 4.85. The second-order valence-corrected chi connectivity index (χ2v) is 7.93. The van der Waals surface area contributed by atoms with Gasteiger partial charge in [-0.2, -0.15) is 0 Å². The number of phenols is 2. The zero-order chi connectivity index (χ0) is 27.4. The van der Waals surface area contributed by atoms with E-state index >= 15 is 0 Å². The van der Waals surface area contributed by atoms with Crippen molar-refractivity contribution in [3.8, 4) is 17.2 Å². The van der Waals surface area contributed by atoms with Crippen LogP contribution in [-0.4, -0.2) is 40.8 Å². The summed E-state index contributed by atoms with van der Waals surface area (Å²) in [6.45, 7) is 0. The summed E-state index contributed by atoms with van der Waals surface area (Å²) in [6.07, 6.45) is 0. The van der Waals surface area contributed by atoms with E-state index in [0.717, 1.165) is 19.2 Å². The predicted molar refractivity (Wildman–Crippen MR) is 132 cm³/mol. The van der Waals surface area contributed by atoms with Crippen molar-refractivity contribution in [2.75, 3.05) is 7.11 Å². The van der Waals surface area contributed by atoms with Crippen LogP contribution in [0.5, 0.6) is 17.2 Å². The molecule has 8 nitrogen and oxygen atoms in total. The Morgan fingerprint density at radius 3 is 1.76 bits per heavy atom. The number of esters is 2. The fourth-order valence-corrected chi connectivity index (χ4v) is 3.78. The minimum absolute atomic E-state index is 0.00513. The molecule has 0 bridgehead atoms. The van der Waals surface area contributed by atoms with Gasteiger partial charge in [0.05, 0.1) is 29.4 Å². The first-order valence-electron chi connectivity index (χ1n) is 11.1. The molecule has 4 aromatic carbocycles. The van der Waals surface area contributed by atoms with Crippen molar-refractivity contribution in [1.82, 2.24) is 0 Å². The van der Waals surface area contributed by atoms with Crippen LogP contribution in [0.2, 0.25) is 0 Å². The number of phenolic OH excluding ortho intramolecular Hbond substituents is 2. The number of halogens is 1. The molecule has 0 amide bonds. The van der Waals surface area contributed by atoms with Crippen molar-refractivity contribution >= 4 is 23.5 Å². The van der Waals surface area contributed by atoms with Crippen molar-refractivity contribution in [2.24, 2.45) is 0 Å². The molecule has 0 heterocycles. The molecule has 38 heavy (non-hydrogen) atoms. The molecule has 0 saturated carbocycles. The number of rotatable bonds is 7. The van der Waals surface area contributed by atoms with Crippen LogP contribution in [0.15, 0.2) is 84.9 Å². The van der Waals surface area contributed by atoms with Gasteiger partial charge >= 0.3 is 11.9 Å². The molecule has 0 fully saturated rings. The van der Waals surface area contributed by atoms with E-state index in [1.165, 1.54) is 60.7 Å². The molecule has 0 aromatic heterocycles. The number of benzene rings is 4. The maximum absolute atomic E-state index is 14.0. The summed E-state index contributed by atoms with van der Waals surface area (Å²) in [6, 6.07) is 19.3. The van der Waals surface area contributed by atoms with Crippen molar-refractivity contribution in [3.63, 3.8) is 0 Å². The molecule has 0 saturated heterocycles. The Labute approximate surface area is 215 Å². The summed E-state index contributed by atoms with van der Waals surface area (Å²) in [5, 5.41) is 21.8. The SMILES string of the molecule is COC(=O)c1c(C(=O)c2ccccc2)c(O)c(O)c(OC(=O)c2ccccc2)c1C(=O)c1cccc(F)c1. The Hall–Kier alpha value is -5.31. The van der Waals surface area contributed by atoms with Crippen LogP contribution in [0.1, 0.15) is 52.6 Å².